The number of carbonyl (C=O) groups excluding carboxylic acids is 2. The monoisotopic (exact) mass is 292 g/mol. The van der Waals surface area contributed by atoms with E-state index < -0.39 is 18.0 Å². The topological polar surface area (TPSA) is 103 Å². The maximum atomic E-state index is 12.4. The van der Waals surface area contributed by atoms with Gasteiger partial charge in [-0.15, -0.1) is 0 Å². The van der Waals surface area contributed by atoms with Gasteiger partial charge in [0.25, 0.3) is 0 Å². The summed E-state index contributed by atoms with van der Waals surface area (Å²) in [6.07, 6.45) is 3.25. The Morgan fingerprint density at radius 3 is 2.95 bits per heavy atom. The number of urea groups is 1. The molecule has 1 atom stereocenters. The van der Waals surface area contributed by atoms with Crippen LogP contribution in [-0.4, -0.2) is 64.0 Å². The molecule has 8 heteroatoms. The van der Waals surface area contributed by atoms with Crippen LogP contribution in [0.3, 0.4) is 0 Å². The molecule has 1 aromatic rings. The fraction of sp³-hybridized carbons (Fsp3) is 0.385. The molecule has 1 aliphatic rings. The van der Waals surface area contributed by atoms with E-state index in [9.17, 15) is 14.4 Å². The lowest BCUT2D eigenvalue weighted by atomic mass is 10.2. The lowest BCUT2D eigenvalue weighted by molar-refractivity contribution is -0.144. The molecule has 1 aliphatic heterocycles. The van der Waals surface area contributed by atoms with Gasteiger partial charge in [0, 0.05) is 32.5 Å². The van der Waals surface area contributed by atoms with Gasteiger partial charge in [0.15, 0.2) is 0 Å². The van der Waals surface area contributed by atoms with E-state index in [0.717, 1.165) is 10.5 Å². The van der Waals surface area contributed by atoms with Gasteiger partial charge in [0.1, 0.15) is 12.6 Å². The van der Waals surface area contributed by atoms with E-state index in [4.69, 9.17) is 5.11 Å². The van der Waals surface area contributed by atoms with Gasteiger partial charge in [-0.05, 0) is 11.6 Å². The number of aliphatic carboxylic acids is 1. The average molecular weight is 292 g/mol. The van der Waals surface area contributed by atoms with E-state index in [0.29, 0.717) is 0 Å². The Kier molecular flexibility index (Phi) is 4.36. The zero-order valence-corrected chi connectivity index (χ0v) is 11.5. The molecule has 1 saturated heterocycles. The first kappa shape index (κ1) is 14.8. The number of carboxylic acid groups (broad SMARTS) is 1. The van der Waals surface area contributed by atoms with Gasteiger partial charge < -0.3 is 15.3 Å². The van der Waals surface area contributed by atoms with Crippen LogP contribution in [0.2, 0.25) is 0 Å². The molecule has 3 amide bonds. The van der Waals surface area contributed by atoms with Crippen LogP contribution in [0.4, 0.5) is 4.79 Å². The van der Waals surface area contributed by atoms with Crippen LogP contribution in [0, 0.1) is 0 Å². The fourth-order valence-electron chi connectivity index (χ4n) is 2.12. The molecule has 0 saturated carbocycles. The Bertz CT molecular complexity index is 548. The molecular formula is C13H16N4O4. The summed E-state index contributed by atoms with van der Waals surface area (Å²) in [5.74, 6) is -1.51. The van der Waals surface area contributed by atoms with Crippen molar-refractivity contribution in [2.24, 2.45) is 0 Å². The summed E-state index contributed by atoms with van der Waals surface area (Å²) in [5, 5.41) is 11.6. The summed E-state index contributed by atoms with van der Waals surface area (Å²) in [5.41, 5.74) is 0.821. The Labute approximate surface area is 121 Å². The summed E-state index contributed by atoms with van der Waals surface area (Å²) in [7, 11) is 1.56. The third kappa shape index (κ3) is 3.47. The molecule has 1 aromatic heterocycles. The lowest BCUT2D eigenvalue weighted by Gasteiger charge is -2.35. The van der Waals surface area contributed by atoms with Crippen molar-refractivity contribution in [1.82, 2.24) is 20.1 Å². The number of piperazine rings is 1. The highest BCUT2D eigenvalue weighted by atomic mass is 16.4. The first-order chi connectivity index (χ1) is 9.99. The third-order valence-electron chi connectivity index (χ3n) is 3.18. The average Bonchev–Trinajstić information content (AvgIpc) is 2.47. The number of amides is 3. The van der Waals surface area contributed by atoms with E-state index in [1.54, 1.807) is 25.5 Å². The van der Waals surface area contributed by atoms with Gasteiger partial charge in [0.2, 0.25) is 5.91 Å². The fourth-order valence-corrected chi connectivity index (χ4v) is 2.12. The molecule has 21 heavy (non-hydrogen) atoms. The van der Waals surface area contributed by atoms with Crippen molar-refractivity contribution in [2.75, 3.05) is 20.1 Å². The summed E-state index contributed by atoms with van der Waals surface area (Å²) in [6.45, 7) is -0.0506. The van der Waals surface area contributed by atoms with Crippen molar-refractivity contribution >= 4 is 17.9 Å². The zero-order chi connectivity index (χ0) is 15.4. The van der Waals surface area contributed by atoms with Crippen molar-refractivity contribution in [3.8, 4) is 0 Å². The molecular weight excluding hydrogens is 276 g/mol. The van der Waals surface area contributed by atoms with E-state index in [1.165, 1.54) is 4.90 Å². The van der Waals surface area contributed by atoms with E-state index in [-0.39, 0.29) is 25.5 Å². The number of pyridine rings is 1. The summed E-state index contributed by atoms with van der Waals surface area (Å²) < 4.78 is 0. The minimum atomic E-state index is -1.14. The molecule has 1 fully saturated rings. The van der Waals surface area contributed by atoms with Gasteiger partial charge in [-0.2, -0.15) is 0 Å². The molecule has 1 unspecified atom stereocenters. The summed E-state index contributed by atoms with van der Waals surface area (Å²) >= 11 is 0. The van der Waals surface area contributed by atoms with Crippen LogP contribution < -0.4 is 5.32 Å². The van der Waals surface area contributed by atoms with E-state index in [2.05, 4.69) is 10.3 Å². The van der Waals surface area contributed by atoms with Crippen molar-refractivity contribution in [3.05, 3.63) is 30.1 Å². The Morgan fingerprint density at radius 1 is 1.57 bits per heavy atom. The molecule has 0 aliphatic carbocycles. The molecule has 0 radical (unpaired) electrons. The van der Waals surface area contributed by atoms with Crippen molar-refractivity contribution in [3.63, 3.8) is 0 Å². The normalized spacial score (nSPS) is 18.0. The Hall–Kier alpha value is -2.64. The number of aromatic nitrogens is 1. The molecule has 2 heterocycles. The smallest absolute Gasteiger partial charge is 0.328 e. The highest BCUT2D eigenvalue weighted by molar-refractivity contribution is 5.90. The van der Waals surface area contributed by atoms with Crippen LogP contribution in [0.25, 0.3) is 0 Å². The summed E-state index contributed by atoms with van der Waals surface area (Å²) in [6, 6.07) is 2.02. The second kappa shape index (κ2) is 6.21. The number of rotatable bonds is 3. The molecule has 0 aromatic carbocycles. The predicted octanol–water partition coefficient (Wildman–Crippen LogP) is -0.482. The van der Waals surface area contributed by atoms with Gasteiger partial charge in [-0.1, -0.05) is 6.07 Å². The minimum Gasteiger partial charge on any atom is -0.480 e. The van der Waals surface area contributed by atoms with Crippen molar-refractivity contribution in [2.45, 2.75) is 12.6 Å². The van der Waals surface area contributed by atoms with Crippen LogP contribution in [0.1, 0.15) is 5.56 Å². The quantitative estimate of drug-likeness (QED) is 0.783. The van der Waals surface area contributed by atoms with Crippen LogP contribution in [-0.2, 0) is 16.1 Å². The molecule has 112 valence electrons. The number of nitrogens with one attached hydrogen (secondary N) is 1. The van der Waals surface area contributed by atoms with E-state index >= 15 is 0 Å². The number of carbonyl (C=O) groups is 3. The van der Waals surface area contributed by atoms with Crippen LogP contribution in [0.15, 0.2) is 24.5 Å². The standard InChI is InChI=1S/C13H16N4O4/c1-16(7-9-3-2-4-14-5-9)13(21)17-8-11(18)15-6-10(17)12(19)20/h2-5,10H,6-8H2,1H3,(H,15,18)(H,19,20). The highest BCUT2D eigenvalue weighted by Gasteiger charge is 2.36. The second-order valence-electron chi connectivity index (χ2n) is 4.79. The van der Waals surface area contributed by atoms with Gasteiger partial charge in [-0.3, -0.25) is 14.7 Å². The lowest BCUT2D eigenvalue weighted by Crippen LogP contribution is -2.61. The van der Waals surface area contributed by atoms with Gasteiger partial charge in [-0.25, -0.2) is 9.59 Å². The highest BCUT2D eigenvalue weighted by Crippen LogP contribution is 2.10. The van der Waals surface area contributed by atoms with Crippen LogP contribution in [0.5, 0.6) is 0 Å². The minimum absolute atomic E-state index is 0.0827. The Morgan fingerprint density at radius 2 is 2.33 bits per heavy atom. The number of hydrogen-bond donors (Lipinski definition) is 2. The number of carboxylic acids is 1. The third-order valence-corrected chi connectivity index (χ3v) is 3.18. The SMILES string of the molecule is CN(Cc1cccnc1)C(=O)N1CC(=O)NCC1C(=O)O. The Balaban J connectivity index is 2.08. The molecule has 0 bridgehead atoms. The van der Waals surface area contributed by atoms with Crippen molar-refractivity contribution < 1.29 is 19.5 Å². The zero-order valence-electron chi connectivity index (χ0n) is 11.5. The molecule has 0 spiro atoms. The number of nitrogens with zero attached hydrogens (tertiary/aromatic N) is 3. The largest absolute Gasteiger partial charge is 0.480 e. The maximum absolute atomic E-state index is 12.4. The molecule has 2 rings (SSSR count). The summed E-state index contributed by atoms with van der Waals surface area (Å²) in [4.78, 5) is 41.3. The second-order valence-corrected chi connectivity index (χ2v) is 4.79. The first-order valence-electron chi connectivity index (χ1n) is 6.39. The van der Waals surface area contributed by atoms with Gasteiger partial charge in [0.05, 0.1) is 0 Å². The molecule has 2 N–H and O–H groups in total. The van der Waals surface area contributed by atoms with Crippen LogP contribution >= 0.6 is 0 Å². The van der Waals surface area contributed by atoms with Gasteiger partial charge >= 0.3 is 12.0 Å². The maximum Gasteiger partial charge on any atom is 0.328 e. The predicted molar refractivity (Wildman–Crippen MR) is 72.2 cm³/mol. The molecule has 8 nitrogen and oxygen atoms in total. The first-order valence-corrected chi connectivity index (χ1v) is 6.39. The van der Waals surface area contributed by atoms with Crippen molar-refractivity contribution in [1.29, 1.82) is 0 Å². The number of hydrogen-bond acceptors (Lipinski definition) is 4. The van der Waals surface area contributed by atoms with E-state index in [1.807, 2.05) is 6.07 Å².